The Kier molecular flexibility index (Phi) is 4.14. The number of rotatable bonds is 4. The van der Waals surface area contributed by atoms with E-state index in [-0.39, 0.29) is 11.9 Å². The van der Waals surface area contributed by atoms with Crippen LogP contribution >= 0.6 is 15.9 Å². The molecule has 1 N–H and O–H groups in total. The monoisotopic (exact) mass is 311 g/mol. The van der Waals surface area contributed by atoms with Gasteiger partial charge in [-0.2, -0.15) is 5.10 Å². The molecule has 1 aromatic carbocycles. The summed E-state index contributed by atoms with van der Waals surface area (Å²) in [6, 6.07) is 7.01. The van der Waals surface area contributed by atoms with Crippen molar-refractivity contribution >= 4 is 15.9 Å². The van der Waals surface area contributed by atoms with E-state index in [0.717, 1.165) is 17.8 Å². The van der Waals surface area contributed by atoms with Crippen LogP contribution in [0.2, 0.25) is 0 Å². The van der Waals surface area contributed by atoms with Crippen LogP contribution in [-0.4, -0.2) is 16.3 Å². The Balaban J connectivity index is 2.37. The van der Waals surface area contributed by atoms with Gasteiger partial charge in [0.1, 0.15) is 5.82 Å². The Hall–Kier alpha value is -1.20. The van der Waals surface area contributed by atoms with Crippen LogP contribution in [0.3, 0.4) is 0 Å². The summed E-state index contributed by atoms with van der Waals surface area (Å²) in [5.41, 5.74) is 1.76. The molecule has 0 spiro atoms. The van der Waals surface area contributed by atoms with Gasteiger partial charge in [0, 0.05) is 13.2 Å². The van der Waals surface area contributed by atoms with Gasteiger partial charge in [0.2, 0.25) is 0 Å². The van der Waals surface area contributed by atoms with Crippen molar-refractivity contribution in [1.29, 1.82) is 0 Å². The van der Waals surface area contributed by atoms with Gasteiger partial charge in [-0.25, -0.2) is 4.39 Å². The molecule has 3 nitrogen and oxygen atoms in total. The number of aryl methyl sites for hydroxylation is 1. The van der Waals surface area contributed by atoms with Crippen molar-refractivity contribution in [1.82, 2.24) is 15.1 Å². The fourth-order valence-electron chi connectivity index (χ4n) is 1.88. The zero-order valence-corrected chi connectivity index (χ0v) is 11.9. The second kappa shape index (κ2) is 5.63. The standard InChI is InChI=1S/C13H15BrFN3/c1-3-16-13(12-6-7-18(2)17-12)9-4-5-10(14)11(15)8-9/h4-8,13,16H,3H2,1-2H3. The van der Waals surface area contributed by atoms with Gasteiger partial charge in [-0.15, -0.1) is 0 Å². The predicted octanol–water partition coefficient (Wildman–Crippen LogP) is 3.02. The van der Waals surface area contributed by atoms with Gasteiger partial charge in [-0.1, -0.05) is 13.0 Å². The lowest BCUT2D eigenvalue weighted by Gasteiger charge is -2.16. The van der Waals surface area contributed by atoms with Crippen LogP contribution < -0.4 is 5.32 Å². The SMILES string of the molecule is CCNC(c1ccc(Br)c(F)c1)c1ccn(C)n1. The van der Waals surface area contributed by atoms with E-state index in [1.165, 1.54) is 6.07 Å². The molecule has 5 heteroatoms. The predicted molar refractivity (Wildman–Crippen MR) is 72.8 cm³/mol. The van der Waals surface area contributed by atoms with Crippen LogP contribution in [0, 0.1) is 5.82 Å². The van der Waals surface area contributed by atoms with Gasteiger partial charge < -0.3 is 5.32 Å². The average molecular weight is 312 g/mol. The maximum Gasteiger partial charge on any atom is 0.137 e. The first-order chi connectivity index (χ1) is 8.61. The van der Waals surface area contributed by atoms with E-state index in [1.807, 2.05) is 32.3 Å². The smallest absolute Gasteiger partial charge is 0.137 e. The summed E-state index contributed by atoms with van der Waals surface area (Å²) in [7, 11) is 1.87. The Morgan fingerprint density at radius 2 is 2.22 bits per heavy atom. The summed E-state index contributed by atoms with van der Waals surface area (Å²) in [6.45, 7) is 2.81. The third-order valence-electron chi connectivity index (χ3n) is 2.72. The van der Waals surface area contributed by atoms with Crippen LogP contribution in [0.15, 0.2) is 34.9 Å². The van der Waals surface area contributed by atoms with E-state index in [4.69, 9.17) is 0 Å². The molecule has 0 radical (unpaired) electrons. The van der Waals surface area contributed by atoms with Crippen molar-refractivity contribution in [3.8, 4) is 0 Å². The Morgan fingerprint density at radius 1 is 1.44 bits per heavy atom. The van der Waals surface area contributed by atoms with E-state index in [1.54, 1.807) is 10.7 Å². The largest absolute Gasteiger partial charge is 0.305 e. The maximum atomic E-state index is 13.6. The lowest BCUT2D eigenvalue weighted by Crippen LogP contribution is -2.22. The van der Waals surface area contributed by atoms with Crippen molar-refractivity contribution in [2.45, 2.75) is 13.0 Å². The minimum Gasteiger partial charge on any atom is -0.305 e. The van der Waals surface area contributed by atoms with Gasteiger partial charge in [-0.05, 0) is 46.2 Å². The molecule has 18 heavy (non-hydrogen) atoms. The normalized spacial score (nSPS) is 12.7. The van der Waals surface area contributed by atoms with Gasteiger partial charge >= 0.3 is 0 Å². The minimum absolute atomic E-state index is 0.0844. The highest BCUT2D eigenvalue weighted by molar-refractivity contribution is 9.10. The number of hydrogen-bond donors (Lipinski definition) is 1. The van der Waals surface area contributed by atoms with E-state index in [2.05, 4.69) is 26.3 Å². The molecule has 1 atom stereocenters. The van der Waals surface area contributed by atoms with E-state index < -0.39 is 0 Å². The second-order valence-electron chi connectivity index (χ2n) is 4.08. The topological polar surface area (TPSA) is 29.9 Å². The first kappa shape index (κ1) is 13.2. The summed E-state index contributed by atoms with van der Waals surface area (Å²) >= 11 is 3.16. The number of hydrogen-bond acceptors (Lipinski definition) is 2. The van der Waals surface area contributed by atoms with Crippen molar-refractivity contribution in [2.24, 2.45) is 7.05 Å². The molecule has 0 aliphatic heterocycles. The average Bonchev–Trinajstić information content (AvgIpc) is 2.76. The van der Waals surface area contributed by atoms with Crippen LogP contribution in [0.25, 0.3) is 0 Å². The molecule has 0 fully saturated rings. The van der Waals surface area contributed by atoms with Gasteiger partial charge in [0.25, 0.3) is 0 Å². The van der Waals surface area contributed by atoms with Crippen LogP contribution in [0.1, 0.15) is 24.2 Å². The summed E-state index contributed by atoms with van der Waals surface area (Å²) in [5.74, 6) is -0.258. The zero-order chi connectivity index (χ0) is 13.1. The Morgan fingerprint density at radius 3 is 2.78 bits per heavy atom. The fourth-order valence-corrected chi connectivity index (χ4v) is 2.12. The summed E-state index contributed by atoms with van der Waals surface area (Å²) in [5, 5.41) is 7.70. The minimum atomic E-state index is -0.258. The lowest BCUT2D eigenvalue weighted by molar-refractivity contribution is 0.584. The van der Waals surface area contributed by atoms with Crippen molar-refractivity contribution in [3.63, 3.8) is 0 Å². The summed E-state index contributed by atoms with van der Waals surface area (Å²) in [4.78, 5) is 0. The Labute approximate surface area is 114 Å². The number of aromatic nitrogens is 2. The van der Waals surface area contributed by atoms with Crippen LogP contribution in [-0.2, 0) is 7.05 Å². The summed E-state index contributed by atoms with van der Waals surface area (Å²) < 4.78 is 15.8. The molecule has 1 unspecified atom stereocenters. The maximum absolute atomic E-state index is 13.6. The molecule has 2 rings (SSSR count). The van der Waals surface area contributed by atoms with Crippen molar-refractivity contribution in [3.05, 3.63) is 52.0 Å². The molecule has 2 aromatic rings. The molecular weight excluding hydrogens is 297 g/mol. The van der Waals surface area contributed by atoms with E-state index >= 15 is 0 Å². The molecular formula is C13H15BrFN3. The Bertz CT molecular complexity index is 539. The first-order valence-electron chi connectivity index (χ1n) is 5.79. The van der Waals surface area contributed by atoms with E-state index in [0.29, 0.717) is 4.47 Å². The second-order valence-corrected chi connectivity index (χ2v) is 4.93. The summed E-state index contributed by atoms with van der Waals surface area (Å²) in [6.07, 6.45) is 1.88. The zero-order valence-electron chi connectivity index (χ0n) is 10.3. The molecule has 0 bridgehead atoms. The molecule has 0 saturated carbocycles. The molecule has 0 saturated heterocycles. The quantitative estimate of drug-likeness (QED) is 0.940. The molecule has 0 amide bonds. The molecule has 0 aliphatic rings. The highest BCUT2D eigenvalue weighted by Crippen LogP contribution is 2.24. The highest BCUT2D eigenvalue weighted by Gasteiger charge is 2.16. The van der Waals surface area contributed by atoms with Crippen molar-refractivity contribution < 1.29 is 4.39 Å². The number of benzene rings is 1. The van der Waals surface area contributed by atoms with Gasteiger partial charge in [0.05, 0.1) is 16.2 Å². The third kappa shape index (κ3) is 2.79. The van der Waals surface area contributed by atoms with Crippen LogP contribution in [0.4, 0.5) is 4.39 Å². The number of halogens is 2. The fraction of sp³-hybridized carbons (Fsp3) is 0.308. The molecule has 96 valence electrons. The highest BCUT2D eigenvalue weighted by atomic mass is 79.9. The number of nitrogens with zero attached hydrogens (tertiary/aromatic N) is 2. The lowest BCUT2D eigenvalue weighted by atomic mass is 10.0. The number of nitrogens with one attached hydrogen (secondary N) is 1. The molecule has 1 aromatic heterocycles. The van der Waals surface area contributed by atoms with Gasteiger partial charge in [0.15, 0.2) is 0 Å². The van der Waals surface area contributed by atoms with Crippen molar-refractivity contribution in [2.75, 3.05) is 6.54 Å². The molecule has 1 heterocycles. The van der Waals surface area contributed by atoms with Crippen LogP contribution in [0.5, 0.6) is 0 Å². The first-order valence-corrected chi connectivity index (χ1v) is 6.59. The third-order valence-corrected chi connectivity index (χ3v) is 3.36. The molecule has 0 aliphatic carbocycles. The van der Waals surface area contributed by atoms with E-state index in [9.17, 15) is 4.39 Å². The van der Waals surface area contributed by atoms with Gasteiger partial charge in [-0.3, -0.25) is 4.68 Å².